The number of aliphatic hydroxyl groups excluding tert-OH is 1. The van der Waals surface area contributed by atoms with Gasteiger partial charge >= 0.3 is 5.97 Å². The van der Waals surface area contributed by atoms with Crippen LogP contribution in [0.3, 0.4) is 0 Å². The number of carbonyl (C=O) groups is 2. The van der Waals surface area contributed by atoms with Gasteiger partial charge in [-0.2, -0.15) is 0 Å². The molecule has 8 heteroatoms. The molecule has 0 aliphatic carbocycles. The fraction of sp³-hybridized carbons (Fsp3) is 0.667. The summed E-state index contributed by atoms with van der Waals surface area (Å²) in [6.45, 7) is 14.3. The average molecular weight is 466 g/mol. The van der Waals surface area contributed by atoms with Crippen molar-refractivity contribution in [1.29, 1.82) is 0 Å². The molecule has 0 unspecified atom stereocenters. The number of esters is 1. The highest BCUT2D eigenvalue weighted by atomic mass is 28.4. The Kier molecular flexibility index (Phi) is 7.85. The number of methoxy groups -OCH3 is 2. The number of likely N-dealkylation sites (tertiary alicyclic amines) is 1. The molecular weight excluding hydrogens is 426 g/mol. The van der Waals surface area contributed by atoms with Gasteiger partial charge in [0.1, 0.15) is 5.75 Å². The quantitative estimate of drug-likeness (QED) is 0.465. The van der Waals surface area contributed by atoms with Gasteiger partial charge in [0.05, 0.1) is 32.8 Å². The minimum Gasteiger partial charge on any atom is -0.497 e. The van der Waals surface area contributed by atoms with Crippen molar-refractivity contribution in [3.8, 4) is 5.75 Å². The number of aliphatic hydroxyl groups is 1. The molecule has 0 bridgehead atoms. The first-order valence-electron chi connectivity index (χ1n) is 11.1. The Balaban J connectivity index is 2.61. The molecule has 1 aromatic carbocycles. The summed E-state index contributed by atoms with van der Waals surface area (Å²) >= 11 is 0. The van der Waals surface area contributed by atoms with Crippen LogP contribution in [0.15, 0.2) is 24.3 Å². The Labute approximate surface area is 193 Å². The zero-order valence-corrected chi connectivity index (χ0v) is 21.9. The van der Waals surface area contributed by atoms with Gasteiger partial charge in [-0.05, 0) is 41.7 Å². The van der Waals surface area contributed by atoms with Gasteiger partial charge < -0.3 is 23.9 Å². The van der Waals surface area contributed by atoms with E-state index in [-0.39, 0.29) is 29.8 Å². The summed E-state index contributed by atoms with van der Waals surface area (Å²) in [5, 5.41) is 11.3. The van der Waals surface area contributed by atoms with Gasteiger partial charge in [-0.1, -0.05) is 46.8 Å². The molecule has 2 rings (SSSR count). The number of amides is 1. The summed E-state index contributed by atoms with van der Waals surface area (Å²) in [6, 6.07) is 7.30. The third-order valence-corrected chi connectivity index (χ3v) is 11.4. The summed E-state index contributed by atoms with van der Waals surface area (Å²) in [5.74, 6) is -0.498. The maximum absolute atomic E-state index is 13.4. The van der Waals surface area contributed by atoms with Crippen LogP contribution >= 0.6 is 0 Å². The van der Waals surface area contributed by atoms with Gasteiger partial charge in [0, 0.05) is 6.54 Å². The molecular formula is C24H39NO6Si. The zero-order valence-electron chi connectivity index (χ0n) is 20.9. The molecule has 1 aliphatic rings. The maximum atomic E-state index is 13.4. The Morgan fingerprint density at radius 2 is 1.78 bits per heavy atom. The highest BCUT2D eigenvalue weighted by molar-refractivity contribution is 6.74. The van der Waals surface area contributed by atoms with Gasteiger partial charge in [-0.15, -0.1) is 0 Å². The highest BCUT2D eigenvalue weighted by Crippen LogP contribution is 2.45. The van der Waals surface area contributed by atoms with Crippen molar-refractivity contribution >= 4 is 20.2 Å². The first kappa shape index (κ1) is 26.4. The molecule has 1 fully saturated rings. The number of benzene rings is 1. The first-order chi connectivity index (χ1) is 14.7. The van der Waals surface area contributed by atoms with Crippen molar-refractivity contribution < 1.29 is 28.6 Å². The Bertz CT molecular complexity index is 817. The summed E-state index contributed by atoms with van der Waals surface area (Å²) in [4.78, 5) is 28.2. The summed E-state index contributed by atoms with van der Waals surface area (Å²) in [6.07, 6.45) is -1.95. The van der Waals surface area contributed by atoms with Gasteiger partial charge in [-0.3, -0.25) is 4.79 Å². The molecule has 7 nitrogen and oxygen atoms in total. The van der Waals surface area contributed by atoms with Crippen molar-refractivity contribution in [1.82, 2.24) is 4.90 Å². The first-order valence-corrected chi connectivity index (χ1v) is 14.0. The molecule has 1 aromatic rings. The molecule has 0 aromatic heterocycles. The van der Waals surface area contributed by atoms with Crippen LogP contribution in [0.25, 0.3) is 0 Å². The Hall–Kier alpha value is -1.90. The standard InChI is InChI=1S/C24H39NO6Si/c1-16(2)21(27)24(22(28)30-7)19(31-32(8,9)23(3,4)5)14-20(26)25(24)15-17-10-12-18(29-6)13-11-17/h10-13,16,19,21,27H,14-15H2,1-9H3/t19-,21-,24-/m0/s1. The van der Waals surface area contributed by atoms with Gasteiger partial charge in [0.2, 0.25) is 5.91 Å². The SMILES string of the molecule is COC(=O)[C@@]1([C@@H](O)C(C)C)[C@@H](O[Si](C)(C)C(C)(C)C)CC(=O)N1Cc1ccc(OC)cc1. The molecule has 1 aliphatic heterocycles. The summed E-state index contributed by atoms with van der Waals surface area (Å²) < 4.78 is 17.1. The van der Waals surface area contributed by atoms with Crippen LogP contribution in [0, 0.1) is 5.92 Å². The van der Waals surface area contributed by atoms with Crippen molar-refractivity contribution in [2.45, 2.75) is 83.5 Å². The molecule has 180 valence electrons. The second-order valence-corrected chi connectivity index (χ2v) is 15.2. The Morgan fingerprint density at radius 1 is 1.22 bits per heavy atom. The Morgan fingerprint density at radius 3 is 2.22 bits per heavy atom. The molecule has 1 N–H and O–H groups in total. The van der Waals surface area contributed by atoms with E-state index < -0.39 is 32.0 Å². The molecule has 0 saturated carbocycles. The maximum Gasteiger partial charge on any atom is 0.337 e. The predicted molar refractivity (Wildman–Crippen MR) is 126 cm³/mol. The smallest absolute Gasteiger partial charge is 0.337 e. The van der Waals surface area contributed by atoms with E-state index in [4.69, 9.17) is 13.9 Å². The van der Waals surface area contributed by atoms with Crippen molar-refractivity contribution in [3.05, 3.63) is 29.8 Å². The van der Waals surface area contributed by atoms with Crippen LogP contribution in [0.1, 0.15) is 46.6 Å². The number of nitrogens with zero attached hydrogens (tertiary/aromatic N) is 1. The average Bonchev–Trinajstić information content (AvgIpc) is 2.97. The summed E-state index contributed by atoms with van der Waals surface area (Å²) in [5.41, 5.74) is -0.813. The topological polar surface area (TPSA) is 85.3 Å². The third-order valence-electron chi connectivity index (χ3n) is 6.94. The van der Waals surface area contributed by atoms with Crippen LogP contribution in [-0.4, -0.2) is 62.2 Å². The summed E-state index contributed by atoms with van der Waals surface area (Å²) in [7, 11) is 0.497. The number of ether oxygens (including phenoxy) is 2. The number of hydrogen-bond donors (Lipinski definition) is 1. The molecule has 3 atom stereocenters. The van der Waals surface area contributed by atoms with E-state index in [1.165, 1.54) is 12.0 Å². The van der Waals surface area contributed by atoms with Crippen LogP contribution in [0.5, 0.6) is 5.75 Å². The highest BCUT2D eigenvalue weighted by Gasteiger charge is 2.65. The largest absolute Gasteiger partial charge is 0.497 e. The van der Waals surface area contributed by atoms with Crippen molar-refractivity contribution in [2.75, 3.05) is 14.2 Å². The van der Waals surface area contributed by atoms with Crippen LogP contribution in [-0.2, 0) is 25.3 Å². The molecule has 32 heavy (non-hydrogen) atoms. The normalized spacial score (nSPS) is 22.9. The van der Waals surface area contributed by atoms with Crippen LogP contribution < -0.4 is 4.74 Å². The second kappa shape index (κ2) is 9.53. The molecule has 1 saturated heterocycles. The third kappa shape index (κ3) is 4.72. The lowest BCUT2D eigenvalue weighted by Crippen LogP contribution is -2.68. The van der Waals surface area contributed by atoms with E-state index in [1.54, 1.807) is 19.2 Å². The van der Waals surface area contributed by atoms with E-state index in [0.29, 0.717) is 5.75 Å². The lowest BCUT2D eigenvalue weighted by Gasteiger charge is -2.47. The lowest BCUT2D eigenvalue weighted by atomic mass is 9.81. The van der Waals surface area contributed by atoms with E-state index in [0.717, 1.165) is 5.56 Å². The fourth-order valence-corrected chi connectivity index (χ4v) is 5.31. The van der Waals surface area contributed by atoms with Crippen molar-refractivity contribution in [2.24, 2.45) is 5.92 Å². The predicted octanol–water partition coefficient (Wildman–Crippen LogP) is 3.75. The van der Waals surface area contributed by atoms with Gasteiger partial charge in [0.15, 0.2) is 13.9 Å². The van der Waals surface area contributed by atoms with E-state index in [1.807, 2.05) is 26.0 Å². The molecule has 0 radical (unpaired) electrons. The number of hydrogen-bond acceptors (Lipinski definition) is 6. The van der Waals surface area contributed by atoms with Gasteiger partial charge in [-0.25, -0.2) is 4.79 Å². The number of carbonyl (C=O) groups excluding carboxylic acids is 2. The molecule has 1 amide bonds. The van der Waals surface area contributed by atoms with Crippen LogP contribution in [0.4, 0.5) is 0 Å². The monoisotopic (exact) mass is 465 g/mol. The van der Waals surface area contributed by atoms with E-state index >= 15 is 0 Å². The molecule has 1 heterocycles. The minimum absolute atomic E-state index is 0.0154. The molecule has 0 spiro atoms. The van der Waals surface area contributed by atoms with Crippen LogP contribution in [0.2, 0.25) is 18.1 Å². The second-order valence-electron chi connectivity index (χ2n) is 10.4. The van der Waals surface area contributed by atoms with Crippen molar-refractivity contribution in [3.63, 3.8) is 0 Å². The number of rotatable bonds is 8. The van der Waals surface area contributed by atoms with Gasteiger partial charge in [0.25, 0.3) is 0 Å². The van der Waals surface area contributed by atoms with E-state index in [2.05, 4.69) is 33.9 Å². The fourth-order valence-electron chi connectivity index (χ4n) is 3.99. The minimum atomic E-state index is -2.38. The zero-order chi connectivity index (χ0) is 24.5. The van der Waals surface area contributed by atoms with E-state index in [9.17, 15) is 14.7 Å². The lowest BCUT2D eigenvalue weighted by molar-refractivity contribution is -0.176.